The van der Waals surface area contributed by atoms with E-state index in [-0.39, 0.29) is 17.4 Å². The first kappa shape index (κ1) is 17.7. The highest BCUT2D eigenvalue weighted by molar-refractivity contribution is 6.18. The zero-order chi connectivity index (χ0) is 18.9. The molecular weight excluding hydrogens is 324 g/mol. The number of aromatic nitrogens is 1. The Hall–Kier alpha value is -3.14. The van der Waals surface area contributed by atoms with E-state index in [2.05, 4.69) is 4.98 Å². The molecule has 0 unspecified atom stereocenters. The van der Waals surface area contributed by atoms with Gasteiger partial charge in [0.1, 0.15) is 5.82 Å². The Bertz CT molecular complexity index is 949. The summed E-state index contributed by atoms with van der Waals surface area (Å²) in [7, 11) is 0. The highest BCUT2D eigenvalue weighted by Gasteiger charge is 2.32. The molecule has 0 saturated carbocycles. The van der Waals surface area contributed by atoms with Crippen LogP contribution in [0.25, 0.3) is 11.1 Å². The molecule has 2 aromatic carbocycles. The Morgan fingerprint density at radius 1 is 0.885 bits per heavy atom. The summed E-state index contributed by atoms with van der Waals surface area (Å²) in [6.07, 6.45) is 0. The topological polar surface area (TPSA) is 76.0 Å². The van der Waals surface area contributed by atoms with Gasteiger partial charge in [-0.15, -0.1) is 0 Å². The average Bonchev–Trinajstić information content (AvgIpc) is 2.98. The fourth-order valence-electron chi connectivity index (χ4n) is 2.93. The summed E-state index contributed by atoms with van der Waals surface area (Å²) < 4.78 is 0. The Kier molecular flexibility index (Phi) is 4.51. The summed E-state index contributed by atoms with van der Waals surface area (Å²) >= 11 is 0. The van der Waals surface area contributed by atoms with E-state index >= 15 is 0 Å². The van der Waals surface area contributed by atoms with Crippen molar-refractivity contribution < 1.29 is 9.59 Å². The molecule has 0 atom stereocenters. The number of hydrogen-bond donors (Lipinski definition) is 2. The molecule has 0 saturated heterocycles. The minimum Gasteiger partial charge on any atom is -0.385 e. The molecule has 3 aromatic rings. The zero-order valence-corrected chi connectivity index (χ0v) is 15.2. The van der Waals surface area contributed by atoms with Gasteiger partial charge in [-0.1, -0.05) is 81.4 Å². The number of ketones is 2. The van der Waals surface area contributed by atoms with Crippen LogP contribution in [0.5, 0.6) is 0 Å². The maximum Gasteiger partial charge on any atom is 0.209 e. The Morgan fingerprint density at radius 3 is 1.96 bits per heavy atom. The lowest BCUT2D eigenvalue weighted by molar-refractivity contribution is 0.0860. The molecule has 26 heavy (non-hydrogen) atoms. The van der Waals surface area contributed by atoms with Crippen molar-refractivity contribution in [3.63, 3.8) is 0 Å². The maximum absolute atomic E-state index is 13.1. The van der Waals surface area contributed by atoms with Crippen molar-refractivity contribution in [2.45, 2.75) is 20.8 Å². The van der Waals surface area contributed by atoms with Crippen LogP contribution in [0, 0.1) is 5.41 Å². The second kappa shape index (κ2) is 6.64. The third-order valence-electron chi connectivity index (χ3n) is 4.26. The van der Waals surface area contributed by atoms with Gasteiger partial charge in [-0.3, -0.25) is 9.59 Å². The van der Waals surface area contributed by atoms with E-state index in [9.17, 15) is 9.59 Å². The van der Waals surface area contributed by atoms with E-state index in [1.54, 1.807) is 12.1 Å². The lowest BCUT2D eigenvalue weighted by atomic mass is 9.83. The molecule has 0 spiro atoms. The van der Waals surface area contributed by atoms with Gasteiger partial charge in [0.15, 0.2) is 5.78 Å². The van der Waals surface area contributed by atoms with Crippen molar-refractivity contribution in [1.29, 1.82) is 0 Å². The fourth-order valence-corrected chi connectivity index (χ4v) is 2.93. The number of hydrogen-bond acceptors (Lipinski definition) is 3. The number of nitrogens with one attached hydrogen (secondary N) is 1. The van der Waals surface area contributed by atoms with Crippen LogP contribution in [-0.2, 0) is 0 Å². The van der Waals surface area contributed by atoms with E-state index < -0.39 is 5.41 Å². The molecule has 0 fully saturated rings. The molecule has 0 aliphatic heterocycles. The summed E-state index contributed by atoms with van der Waals surface area (Å²) in [6.45, 7) is 5.53. The SMILES string of the molecule is CC(C)(C)C(=O)c1c(N)[nH]c(C(=O)c2ccccc2)c1-c1ccccc1. The minimum atomic E-state index is -0.618. The number of carbonyl (C=O) groups excluding carboxylic acids is 2. The molecule has 0 radical (unpaired) electrons. The fraction of sp³-hybridized carbons (Fsp3) is 0.182. The number of aromatic amines is 1. The highest BCUT2D eigenvalue weighted by atomic mass is 16.1. The third kappa shape index (κ3) is 3.18. The standard InChI is InChI=1S/C22H22N2O2/c1-22(2,3)20(26)17-16(14-10-6-4-7-11-14)18(24-21(17)23)19(25)15-12-8-5-9-13-15/h4-13,24H,23H2,1-3H3. The number of rotatable bonds is 4. The third-order valence-corrected chi connectivity index (χ3v) is 4.26. The van der Waals surface area contributed by atoms with Crippen LogP contribution in [0.4, 0.5) is 5.82 Å². The van der Waals surface area contributed by atoms with Crippen molar-refractivity contribution in [2.24, 2.45) is 5.41 Å². The Morgan fingerprint density at radius 2 is 1.42 bits per heavy atom. The summed E-state index contributed by atoms with van der Waals surface area (Å²) in [5, 5.41) is 0. The van der Waals surface area contributed by atoms with Crippen LogP contribution in [0.1, 0.15) is 47.2 Å². The zero-order valence-electron chi connectivity index (χ0n) is 15.2. The summed E-state index contributed by atoms with van der Waals surface area (Å²) in [6, 6.07) is 18.4. The van der Waals surface area contributed by atoms with E-state index in [1.165, 1.54) is 0 Å². The first-order valence-electron chi connectivity index (χ1n) is 8.52. The smallest absolute Gasteiger partial charge is 0.209 e. The van der Waals surface area contributed by atoms with Crippen molar-refractivity contribution >= 4 is 17.4 Å². The highest BCUT2D eigenvalue weighted by Crippen LogP contribution is 2.37. The lowest BCUT2D eigenvalue weighted by Gasteiger charge is -2.18. The van der Waals surface area contributed by atoms with Crippen LogP contribution < -0.4 is 5.73 Å². The summed E-state index contributed by atoms with van der Waals surface area (Å²) in [5.41, 5.74) is 8.16. The van der Waals surface area contributed by atoms with E-state index in [0.717, 1.165) is 5.56 Å². The number of anilines is 1. The van der Waals surface area contributed by atoms with Gasteiger partial charge in [-0.05, 0) is 5.56 Å². The first-order valence-corrected chi connectivity index (χ1v) is 8.52. The lowest BCUT2D eigenvalue weighted by Crippen LogP contribution is -2.21. The number of nitrogen functional groups attached to an aromatic ring is 1. The molecule has 4 nitrogen and oxygen atoms in total. The van der Waals surface area contributed by atoms with Crippen molar-refractivity contribution in [2.75, 3.05) is 5.73 Å². The molecule has 0 aliphatic carbocycles. The molecule has 0 bridgehead atoms. The van der Waals surface area contributed by atoms with Crippen molar-refractivity contribution in [3.05, 3.63) is 77.5 Å². The largest absolute Gasteiger partial charge is 0.385 e. The van der Waals surface area contributed by atoms with Gasteiger partial charge < -0.3 is 10.7 Å². The van der Waals surface area contributed by atoms with Crippen LogP contribution in [-0.4, -0.2) is 16.6 Å². The molecule has 1 aromatic heterocycles. The van der Waals surface area contributed by atoms with Crippen LogP contribution in [0.2, 0.25) is 0 Å². The number of nitrogens with two attached hydrogens (primary N) is 1. The maximum atomic E-state index is 13.1. The van der Waals surface area contributed by atoms with Gasteiger partial charge in [0.2, 0.25) is 5.78 Å². The quantitative estimate of drug-likeness (QED) is 0.671. The summed E-state index contributed by atoms with van der Waals surface area (Å²) in [5.74, 6) is -0.0654. The van der Waals surface area contributed by atoms with Crippen LogP contribution in [0.15, 0.2) is 60.7 Å². The van der Waals surface area contributed by atoms with Gasteiger partial charge in [0.05, 0.1) is 11.3 Å². The monoisotopic (exact) mass is 346 g/mol. The number of Topliss-reactive ketones (excluding diaryl/α,β-unsaturated/α-hetero) is 1. The summed E-state index contributed by atoms with van der Waals surface area (Å²) in [4.78, 5) is 29.1. The van der Waals surface area contributed by atoms with E-state index in [1.807, 2.05) is 69.3 Å². The first-order chi connectivity index (χ1) is 12.3. The molecular formula is C22H22N2O2. The average molecular weight is 346 g/mol. The molecule has 0 amide bonds. The molecule has 4 heteroatoms. The Balaban J connectivity index is 2.26. The second-order valence-electron chi connectivity index (χ2n) is 7.30. The minimum absolute atomic E-state index is 0.0998. The van der Waals surface area contributed by atoms with Gasteiger partial charge in [-0.25, -0.2) is 0 Å². The molecule has 1 heterocycles. The van der Waals surface area contributed by atoms with Gasteiger partial charge >= 0.3 is 0 Å². The van der Waals surface area contributed by atoms with Gasteiger partial charge in [0, 0.05) is 16.5 Å². The van der Waals surface area contributed by atoms with E-state index in [4.69, 9.17) is 5.73 Å². The predicted molar refractivity (Wildman–Crippen MR) is 104 cm³/mol. The van der Waals surface area contributed by atoms with Crippen molar-refractivity contribution in [1.82, 2.24) is 4.98 Å². The van der Waals surface area contributed by atoms with Crippen molar-refractivity contribution in [3.8, 4) is 11.1 Å². The second-order valence-corrected chi connectivity index (χ2v) is 7.30. The van der Waals surface area contributed by atoms with Gasteiger partial charge in [0.25, 0.3) is 0 Å². The van der Waals surface area contributed by atoms with Gasteiger partial charge in [-0.2, -0.15) is 0 Å². The molecule has 0 aliphatic rings. The molecule has 3 rings (SSSR count). The number of carbonyl (C=O) groups is 2. The molecule has 132 valence electrons. The normalized spacial score (nSPS) is 11.3. The number of H-pyrrole nitrogens is 1. The van der Waals surface area contributed by atoms with Crippen LogP contribution in [0.3, 0.4) is 0 Å². The predicted octanol–water partition coefficient (Wildman–Crippen LogP) is 4.72. The molecule has 3 N–H and O–H groups in total. The Labute approximate surface area is 153 Å². The number of benzene rings is 2. The van der Waals surface area contributed by atoms with E-state index in [0.29, 0.717) is 22.4 Å². The van der Waals surface area contributed by atoms with Crippen LogP contribution >= 0.6 is 0 Å².